The summed E-state index contributed by atoms with van der Waals surface area (Å²) in [5.74, 6) is 1.18. The molecule has 1 fully saturated rings. The molecule has 0 amide bonds. The first-order valence-corrected chi connectivity index (χ1v) is 6.16. The molecule has 0 bridgehead atoms. The lowest BCUT2D eigenvalue weighted by molar-refractivity contribution is 0.747. The molecule has 0 aliphatic carbocycles. The lowest BCUT2D eigenvalue weighted by Crippen LogP contribution is -2.18. The van der Waals surface area contributed by atoms with Crippen LogP contribution in [0.15, 0.2) is 18.3 Å². The van der Waals surface area contributed by atoms with Crippen LogP contribution in [0.1, 0.15) is 13.3 Å². The van der Waals surface area contributed by atoms with Crippen molar-refractivity contribution in [3.8, 4) is 0 Å². The van der Waals surface area contributed by atoms with Gasteiger partial charge in [0.1, 0.15) is 5.15 Å². The van der Waals surface area contributed by atoms with Crippen molar-refractivity contribution in [3.05, 3.63) is 23.5 Å². The highest BCUT2D eigenvalue weighted by Gasteiger charge is 2.21. The van der Waals surface area contributed by atoms with Gasteiger partial charge in [-0.25, -0.2) is 4.98 Å². The van der Waals surface area contributed by atoms with E-state index in [0.717, 1.165) is 10.9 Å². The maximum Gasteiger partial charge on any atom is 0.131 e. The molecule has 2 heterocycles. The SMILES string of the molecule is CC1CC(Nc2ccnc(Cl)c2)CS1. The number of nitrogens with zero attached hydrogens (tertiary/aromatic N) is 1. The molecule has 0 radical (unpaired) electrons. The molecular weight excluding hydrogens is 216 g/mol. The zero-order valence-corrected chi connectivity index (χ0v) is 9.61. The highest BCUT2D eigenvalue weighted by molar-refractivity contribution is 8.00. The maximum atomic E-state index is 5.80. The van der Waals surface area contributed by atoms with E-state index in [4.69, 9.17) is 11.6 Å². The predicted octanol–water partition coefficient (Wildman–Crippen LogP) is 3.04. The Hall–Kier alpha value is -0.410. The second-order valence-corrected chi connectivity index (χ2v) is 5.45. The molecule has 2 rings (SSSR count). The summed E-state index contributed by atoms with van der Waals surface area (Å²) in [6, 6.07) is 4.41. The van der Waals surface area contributed by atoms with E-state index < -0.39 is 0 Å². The number of halogens is 1. The molecule has 76 valence electrons. The zero-order chi connectivity index (χ0) is 9.97. The maximum absolute atomic E-state index is 5.80. The monoisotopic (exact) mass is 228 g/mol. The first kappa shape index (κ1) is 10.1. The van der Waals surface area contributed by atoms with Crippen molar-refractivity contribution < 1.29 is 0 Å². The van der Waals surface area contributed by atoms with E-state index in [1.165, 1.54) is 12.2 Å². The lowest BCUT2D eigenvalue weighted by atomic mass is 10.2. The Kier molecular flexibility index (Phi) is 3.19. The Morgan fingerprint density at radius 2 is 2.50 bits per heavy atom. The van der Waals surface area contributed by atoms with Crippen molar-refractivity contribution in [3.63, 3.8) is 0 Å². The Bertz CT molecular complexity index is 319. The van der Waals surface area contributed by atoms with Gasteiger partial charge in [-0.2, -0.15) is 11.8 Å². The predicted molar refractivity (Wildman–Crippen MR) is 63.2 cm³/mol. The van der Waals surface area contributed by atoms with Crippen molar-refractivity contribution in [1.82, 2.24) is 4.98 Å². The third-order valence-corrected chi connectivity index (χ3v) is 3.86. The molecule has 1 saturated heterocycles. The van der Waals surface area contributed by atoms with Gasteiger partial charge < -0.3 is 5.32 Å². The van der Waals surface area contributed by atoms with Gasteiger partial charge in [0.05, 0.1) is 0 Å². The summed E-state index contributed by atoms with van der Waals surface area (Å²) in [6.07, 6.45) is 2.96. The highest BCUT2D eigenvalue weighted by Crippen LogP contribution is 2.28. The summed E-state index contributed by atoms with van der Waals surface area (Å²) in [4.78, 5) is 3.95. The van der Waals surface area contributed by atoms with E-state index in [-0.39, 0.29) is 0 Å². The number of rotatable bonds is 2. The van der Waals surface area contributed by atoms with Crippen LogP contribution < -0.4 is 5.32 Å². The van der Waals surface area contributed by atoms with Gasteiger partial charge in [0, 0.05) is 28.9 Å². The molecule has 1 aliphatic heterocycles. The molecule has 4 heteroatoms. The van der Waals surface area contributed by atoms with E-state index >= 15 is 0 Å². The van der Waals surface area contributed by atoms with Crippen LogP contribution in [-0.2, 0) is 0 Å². The van der Waals surface area contributed by atoms with Crippen molar-refractivity contribution in [2.75, 3.05) is 11.1 Å². The standard InChI is InChI=1S/C10H13ClN2S/c1-7-4-9(6-14-7)13-8-2-3-12-10(11)5-8/h2-3,5,7,9H,4,6H2,1H3,(H,12,13). The van der Waals surface area contributed by atoms with Crippen LogP contribution in [-0.4, -0.2) is 22.0 Å². The molecular formula is C10H13ClN2S. The average molecular weight is 229 g/mol. The normalized spacial score (nSPS) is 26.4. The highest BCUT2D eigenvalue weighted by atomic mass is 35.5. The molecule has 1 aliphatic rings. The molecule has 1 N–H and O–H groups in total. The number of pyridine rings is 1. The van der Waals surface area contributed by atoms with Gasteiger partial charge in [-0.05, 0) is 18.6 Å². The molecule has 0 saturated carbocycles. The zero-order valence-electron chi connectivity index (χ0n) is 8.03. The van der Waals surface area contributed by atoms with E-state index in [9.17, 15) is 0 Å². The van der Waals surface area contributed by atoms with Gasteiger partial charge in [-0.15, -0.1) is 0 Å². The number of nitrogens with one attached hydrogen (secondary N) is 1. The summed E-state index contributed by atoms with van der Waals surface area (Å²) in [5, 5.41) is 4.78. The Morgan fingerprint density at radius 1 is 1.64 bits per heavy atom. The third-order valence-electron chi connectivity index (χ3n) is 2.30. The molecule has 14 heavy (non-hydrogen) atoms. The van der Waals surface area contributed by atoms with Crippen molar-refractivity contribution in [2.24, 2.45) is 0 Å². The molecule has 2 atom stereocenters. The number of thioether (sulfide) groups is 1. The molecule has 2 unspecified atom stereocenters. The number of aromatic nitrogens is 1. The van der Waals surface area contributed by atoms with Gasteiger partial charge in [0.25, 0.3) is 0 Å². The quantitative estimate of drug-likeness (QED) is 0.788. The topological polar surface area (TPSA) is 24.9 Å². The number of anilines is 1. The molecule has 0 aromatic carbocycles. The number of hydrogen-bond donors (Lipinski definition) is 1. The van der Waals surface area contributed by atoms with Crippen LogP contribution >= 0.6 is 23.4 Å². The average Bonchev–Trinajstić information content (AvgIpc) is 2.51. The molecule has 1 aromatic rings. The largest absolute Gasteiger partial charge is 0.381 e. The van der Waals surface area contributed by atoms with Crippen LogP contribution in [0.3, 0.4) is 0 Å². The van der Waals surface area contributed by atoms with Crippen LogP contribution in [0.4, 0.5) is 5.69 Å². The van der Waals surface area contributed by atoms with Crippen LogP contribution in [0.5, 0.6) is 0 Å². The van der Waals surface area contributed by atoms with Crippen molar-refractivity contribution in [1.29, 1.82) is 0 Å². The Balaban J connectivity index is 1.97. The van der Waals surface area contributed by atoms with E-state index in [0.29, 0.717) is 11.2 Å². The first-order valence-electron chi connectivity index (χ1n) is 4.74. The minimum atomic E-state index is 0.550. The van der Waals surface area contributed by atoms with Crippen LogP contribution in [0.2, 0.25) is 5.15 Å². The van der Waals surface area contributed by atoms with Gasteiger partial charge in [-0.1, -0.05) is 18.5 Å². The fraction of sp³-hybridized carbons (Fsp3) is 0.500. The van der Waals surface area contributed by atoms with Crippen molar-refractivity contribution in [2.45, 2.75) is 24.6 Å². The molecule has 0 spiro atoms. The van der Waals surface area contributed by atoms with Gasteiger partial charge in [0.15, 0.2) is 0 Å². The first-order chi connectivity index (χ1) is 6.74. The second-order valence-electron chi connectivity index (χ2n) is 3.59. The van der Waals surface area contributed by atoms with Crippen LogP contribution in [0, 0.1) is 0 Å². The smallest absolute Gasteiger partial charge is 0.131 e. The summed E-state index contributed by atoms with van der Waals surface area (Å²) in [7, 11) is 0. The molecule has 1 aromatic heterocycles. The fourth-order valence-corrected chi connectivity index (χ4v) is 2.97. The Labute approximate surface area is 93.4 Å². The lowest BCUT2D eigenvalue weighted by Gasteiger charge is -2.12. The summed E-state index contributed by atoms with van der Waals surface area (Å²) >= 11 is 7.82. The number of hydrogen-bond acceptors (Lipinski definition) is 3. The van der Waals surface area contributed by atoms with Gasteiger partial charge in [-0.3, -0.25) is 0 Å². The fourth-order valence-electron chi connectivity index (χ4n) is 1.65. The van der Waals surface area contributed by atoms with E-state index in [2.05, 4.69) is 17.2 Å². The van der Waals surface area contributed by atoms with Gasteiger partial charge in [0.2, 0.25) is 0 Å². The van der Waals surface area contributed by atoms with E-state index in [1.807, 2.05) is 23.9 Å². The summed E-state index contributed by atoms with van der Waals surface area (Å²) in [6.45, 7) is 2.27. The van der Waals surface area contributed by atoms with Gasteiger partial charge >= 0.3 is 0 Å². The summed E-state index contributed by atoms with van der Waals surface area (Å²) < 4.78 is 0. The van der Waals surface area contributed by atoms with E-state index in [1.54, 1.807) is 6.20 Å². The minimum Gasteiger partial charge on any atom is -0.381 e. The third kappa shape index (κ3) is 2.55. The molecule has 2 nitrogen and oxygen atoms in total. The minimum absolute atomic E-state index is 0.550. The second kappa shape index (κ2) is 4.41. The summed E-state index contributed by atoms with van der Waals surface area (Å²) in [5.41, 5.74) is 1.07. The van der Waals surface area contributed by atoms with Crippen LogP contribution in [0.25, 0.3) is 0 Å². The Morgan fingerprint density at radius 3 is 3.14 bits per heavy atom. The van der Waals surface area contributed by atoms with Crippen molar-refractivity contribution >= 4 is 29.1 Å².